The Hall–Kier alpha value is -2.87. The van der Waals surface area contributed by atoms with Gasteiger partial charge in [-0.3, -0.25) is 4.99 Å². The van der Waals surface area contributed by atoms with Gasteiger partial charge in [0.2, 0.25) is 0 Å². The van der Waals surface area contributed by atoms with Crippen LogP contribution in [0.1, 0.15) is 30.0 Å². The lowest BCUT2D eigenvalue weighted by atomic mass is 10.1. The van der Waals surface area contributed by atoms with Crippen molar-refractivity contribution in [1.29, 1.82) is 0 Å². The van der Waals surface area contributed by atoms with Crippen molar-refractivity contribution in [2.24, 2.45) is 4.99 Å². The molecule has 0 atom stereocenters. The molecule has 0 bridgehead atoms. The van der Waals surface area contributed by atoms with Crippen LogP contribution in [-0.2, 0) is 13.0 Å². The first-order valence-electron chi connectivity index (χ1n) is 9.24. The van der Waals surface area contributed by atoms with E-state index in [2.05, 4.69) is 96.2 Å². The number of dihydropyridines is 1. The minimum Gasteiger partial charge on any atom is -0.323 e. The summed E-state index contributed by atoms with van der Waals surface area (Å²) in [6, 6.07) is 19.1. The van der Waals surface area contributed by atoms with Crippen molar-refractivity contribution in [3.05, 3.63) is 102 Å². The molecule has 1 aliphatic heterocycles. The van der Waals surface area contributed by atoms with Crippen molar-refractivity contribution < 1.29 is 0 Å². The molecule has 0 fully saturated rings. The normalized spacial score (nSPS) is 13.7. The maximum atomic E-state index is 4.69. The van der Waals surface area contributed by atoms with E-state index in [1.54, 1.807) is 0 Å². The Balaban J connectivity index is 1.78. The zero-order valence-corrected chi connectivity index (χ0v) is 15.4. The predicted molar refractivity (Wildman–Crippen MR) is 112 cm³/mol. The molecule has 0 aliphatic carbocycles. The lowest BCUT2D eigenvalue weighted by molar-refractivity contribution is 0.524. The molecule has 0 saturated heterocycles. The van der Waals surface area contributed by atoms with E-state index in [1.807, 2.05) is 6.07 Å². The Bertz CT molecular complexity index is 811. The summed E-state index contributed by atoms with van der Waals surface area (Å²) >= 11 is 0. The number of allylic oxidation sites excluding steroid dienone is 1. The van der Waals surface area contributed by atoms with Gasteiger partial charge in [0.25, 0.3) is 0 Å². The molecule has 3 rings (SSSR count). The minimum atomic E-state index is 0.766. The van der Waals surface area contributed by atoms with Crippen molar-refractivity contribution in [3.63, 3.8) is 0 Å². The molecule has 132 valence electrons. The summed E-state index contributed by atoms with van der Waals surface area (Å²) < 4.78 is 0. The summed E-state index contributed by atoms with van der Waals surface area (Å²) in [5.41, 5.74) is 4.73. The lowest BCUT2D eigenvalue weighted by Crippen LogP contribution is -2.28. The fourth-order valence-corrected chi connectivity index (χ4v) is 2.91. The van der Waals surface area contributed by atoms with Crippen LogP contribution in [0.2, 0.25) is 0 Å². The number of aliphatic imine (C=N–C) groups is 1. The summed E-state index contributed by atoms with van der Waals surface area (Å²) in [5.74, 6) is 0.982. The van der Waals surface area contributed by atoms with Crippen LogP contribution in [-0.4, -0.2) is 17.3 Å². The number of benzene rings is 2. The second kappa shape index (κ2) is 9.00. The molecule has 1 aliphatic rings. The molecular weight excluding hydrogens is 316 g/mol. The highest BCUT2D eigenvalue weighted by Gasteiger charge is 2.13. The maximum absolute atomic E-state index is 4.69. The molecule has 1 heterocycles. The van der Waals surface area contributed by atoms with E-state index in [0.717, 1.165) is 37.5 Å². The highest BCUT2D eigenvalue weighted by molar-refractivity contribution is 5.95. The van der Waals surface area contributed by atoms with Crippen molar-refractivity contribution in [1.82, 2.24) is 4.90 Å². The number of aryl methyl sites for hydroxylation is 1. The number of nitrogens with zero attached hydrogens (tertiary/aromatic N) is 2. The zero-order valence-electron chi connectivity index (χ0n) is 15.4. The Morgan fingerprint density at radius 2 is 1.85 bits per heavy atom. The van der Waals surface area contributed by atoms with Crippen LogP contribution in [0.4, 0.5) is 0 Å². The van der Waals surface area contributed by atoms with Gasteiger partial charge in [-0.2, -0.15) is 0 Å². The van der Waals surface area contributed by atoms with E-state index in [9.17, 15) is 0 Å². The second-order valence-corrected chi connectivity index (χ2v) is 6.42. The van der Waals surface area contributed by atoms with Gasteiger partial charge >= 0.3 is 0 Å². The Kier molecular flexibility index (Phi) is 6.21. The topological polar surface area (TPSA) is 15.6 Å². The summed E-state index contributed by atoms with van der Waals surface area (Å²) in [6.07, 6.45) is 10.5. The van der Waals surface area contributed by atoms with Crippen LogP contribution in [0.15, 0.2) is 90.1 Å². The Morgan fingerprint density at radius 1 is 1.08 bits per heavy atom. The lowest BCUT2D eigenvalue weighted by Gasteiger charge is -2.26. The van der Waals surface area contributed by atoms with Crippen LogP contribution < -0.4 is 0 Å². The van der Waals surface area contributed by atoms with Crippen molar-refractivity contribution in [3.8, 4) is 0 Å². The second-order valence-electron chi connectivity index (χ2n) is 6.42. The fraction of sp³-hybridized carbons (Fsp3) is 0.208. The average Bonchev–Trinajstić information content (AvgIpc) is 2.72. The van der Waals surface area contributed by atoms with E-state index in [-0.39, 0.29) is 0 Å². The highest BCUT2D eigenvalue weighted by atomic mass is 15.2. The first-order chi connectivity index (χ1) is 12.8. The number of hydrogen-bond acceptors (Lipinski definition) is 2. The molecule has 2 nitrogen and oxygen atoms in total. The molecule has 0 N–H and O–H groups in total. The number of amidine groups is 1. The molecule has 0 amide bonds. The van der Waals surface area contributed by atoms with E-state index in [4.69, 9.17) is 0 Å². The average molecular weight is 342 g/mol. The summed E-state index contributed by atoms with van der Waals surface area (Å²) in [6.45, 7) is 8.08. The van der Waals surface area contributed by atoms with E-state index >= 15 is 0 Å². The van der Waals surface area contributed by atoms with Crippen molar-refractivity contribution in [2.45, 2.75) is 26.3 Å². The van der Waals surface area contributed by atoms with Gasteiger partial charge in [0.05, 0.1) is 0 Å². The quantitative estimate of drug-likeness (QED) is 0.621. The van der Waals surface area contributed by atoms with Gasteiger partial charge < -0.3 is 4.90 Å². The molecule has 26 heavy (non-hydrogen) atoms. The van der Waals surface area contributed by atoms with Gasteiger partial charge in [0.1, 0.15) is 5.84 Å². The first-order valence-corrected chi connectivity index (χ1v) is 9.24. The Labute approximate surface area is 156 Å². The smallest absolute Gasteiger partial charge is 0.127 e. The largest absolute Gasteiger partial charge is 0.323 e. The van der Waals surface area contributed by atoms with Crippen LogP contribution in [0.25, 0.3) is 6.08 Å². The molecule has 0 saturated carbocycles. The molecular formula is C24H26N2. The molecule has 0 spiro atoms. The van der Waals surface area contributed by atoms with E-state index < -0.39 is 0 Å². The van der Waals surface area contributed by atoms with Gasteiger partial charge in [0, 0.05) is 18.8 Å². The highest BCUT2D eigenvalue weighted by Crippen LogP contribution is 2.16. The predicted octanol–water partition coefficient (Wildman–Crippen LogP) is 5.64. The third kappa shape index (κ3) is 4.82. The van der Waals surface area contributed by atoms with E-state index in [0.29, 0.717) is 0 Å². The summed E-state index contributed by atoms with van der Waals surface area (Å²) in [5, 5.41) is 0. The standard InChI is InChI=1S/C24H26N2/c1-3-21-14-16-22(17-15-21)13-12-20(2)26(24-11-7-8-18-25-24)19-23-9-5-4-6-10-23/h4-7,9-17H,2-3,8,18-19H2,1H3/b13-12+. The summed E-state index contributed by atoms with van der Waals surface area (Å²) in [7, 11) is 0. The maximum Gasteiger partial charge on any atom is 0.127 e. The third-order valence-electron chi connectivity index (χ3n) is 4.50. The zero-order chi connectivity index (χ0) is 18.2. The fourth-order valence-electron chi connectivity index (χ4n) is 2.91. The van der Waals surface area contributed by atoms with Gasteiger partial charge in [-0.05, 0) is 41.7 Å². The van der Waals surface area contributed by atoms with Gasteiger partial charge in [-0.25, -0.2) is 0 Å². The van der Waals surface area contributed by atoms with Crippen LogP contribution in [0, 0.1) is 0 Å². The molecule has 0 unspecified atom stereocenters. The molecule has 0 aromatic heterocycles. The van der Waals surface area contributed by atoms with Gasteiger partial charge in [-0.1, -0.05) is 80.3 Å². The number of rotatable bonds is 6. The first kappa shape index (κ1) is 17.9. The molecule has 0 radical (unpaired) electrons. The monoisotopic (exact) mass is 342 g/mol. The van der Waals surface area contributed by atoms with Crippen molar-refractivity contribution >= 4 is 11.9 Å². The SMILES string of the molecule is C=C(/C=C/c1ccc(CC)cc1)N(Cc1ccccc1)C1=NCCC=C1. The molecule has 2 aromatic rings. The van der Waals surface area contributed by atoms with Gasteiger partial charge in [-0.15, -0.1) is 0 Å². The molecule has 2 heteroatoms. The molecule has 2 aromatic carbocycles. The minimum absolute atomic E-state index is 0.766. The third-order valence-corrected chi connectivity index (χ3v) is 4.50. The van der Waals surface area contributed by atoms with Gasteiger partial charge in [0.15, 0.2) is 0 Å². The van der Waals surface area contributed by atoms with E-state index in [1.165, 1.54) is 16.7 Å². The van der Waals surface area contributed by atoms with Crippen molar-refractivity contribution in [2.75, 3.05) is 6.54 Å². The summed E-state index contributed by atoms with van der Waals surface area (Å²) in [4.78, 5) is 6.87. The number of hydrogen-bond donors (Lipinski definition) is 0. The van der Waals surface area contributed by atoms with Crippen LogP contribution >= 0.6 is 0 Å². The Morgan fingerprint density at radius 3 is 2.50 bits per heavy atom. The van der Waals surface area contributed by atoms with Crippen LogP contribution in [0.3, 0.4) is 0 Å². The van der Waals surface area contributed by atoms with Crippen LogP contribution in [0.5, 0.6) is 0 Å².